The first kappa shape index (κ1) is 8.67. The first-order valence-electron chi connectivity index (χ1n) is 4.04. The first-order valence-corrected chi connectivity index (χ1v) is 4.85. The van der Waals surface area contributed by atoms with Crippen molar-refractivity contribution in [3.63, 3.8) is 0 Å². The Kier molecular flexibility index (Phi) is 3.02. The van der Waals surface area contributed by atoms with Crippen LogP contribution in [-0.4, -0.2) is 4.75 Å². The molecule has 0 saturated heterocycles. The summed E-state index contributed by atoms with van der Waals surface area (Å²) in [4.78, 5) is 0. The molecule has 0 amide bonds. The molecule has 1 saturated carbocycles. The Hall–Kier alpha value is -0.420. The molecule has 0 aromatic heterocycles. The molecule has 0 atom stereocenters. The van der Waals surface area contributed by atoms with Gasteiger partial charge in [0.2, 0.25) is 0 Å². The maximum atomic E-state index is 8.58. The summed E-state index contributed by atoms with van der Waals surface area (Å²) < 4.78 is 0.0903. The summed E-state index contributed by atoms with van der Waals surface area (Å²) >= 11 is 1.39. The SMILES string of the molecule is C=CC1(SC#N)CCCCC1. The van der Waals surface area contributed by atoms with E-state index in [4.69, 9.17) is 5.26 Å². The zero-order valence-electron chi connectivity index (χ0n) is 6.68. The zero-order chi connectivity index (χ0) is 8.16. The molecular weight excluding hydrogens is 154 g/mol. The Morgan fingerprint density at radius 1 is 1.36 bits per heavy atom. The molecule has 11 heavy (non-hydrogen) atoms. The smallest absolute Gasteiger partial charge is 0.134 e. The molecule has 1 rings (SSSR count). The third-order valence-corrected chi connectivity index (χ3v) is 3.39. The number of thiocyanates is 1. The molecular formula is C9H13NS. The van der Waals surface area contributed by atoms with Crippen LogP contribution in [0.25, 0.3) is 0 Å². The lowest BCUT2D eigenvalue weighted by Gasteiger charge is -2.30. The van der Waals surface area contributed by atoms with Crippen molar-refractivity contribution >= 4 is 11.8 Å². The highest BCUT2D eigenvalue weighted by atomic mass is 32.2. The van der Waals surface area contributed by atoms with Gasteiger partial charge in [0.05, 0.1) is 0 Å². The minimum absolute atomic E-state index is 0.0903. The molecule has 0 aliphatic heterocycles. The second kappa shape index (κ2) is 3.82. The van der Waals surface area contributed by atoms with Crippen LogP contribution in [0.3, 0.4) is 0 Å². The Labute approximate surface area is 72.5 Å². The molecule has 60 valence electrons. The van der Waals surface area contributed by atoms with E-state index in [0.29, 0.717) is 0 Å². The number of hydrogen-bond donors (Lipinski definition) is 0. The van der Waals surface area contributed by atoms with Crippen LogP contribution in [0.5, 0.6) is 0 Å². The van der Waals surface area contributed by atoms with Crippen molar-refractivity contribution in [2.45, 2.75) is 36.9 Å². The quantitative estimate of drug-likeness (QED) is 0.466. The van der Waals surface area contributed by atoms with Crippen LogP contribution in [0.15, 0.2) is 12.7 Å². The van der Waals surface area contributed by atoms with Crippen molar-refractivity contribution in [2.24, 2.45) is 0 Å². The van der Waals surface area contributed by atoms with E-state index in [1.807, 2.05) is 6.08 Å². The van der Waals surface area contributed by atoms with Gasteiger partial charge in [-0.15, -0.1) is 6.58 Å². The van der Waals surface area contributed by atoms with E-state index in [9.17, 15) is 0 Å². The number of rotatable bonds is 2. The van der Waals surface area contributed by atoms with Crippen LogP contribution in [0.1, 0.15) is 32.1 Å². The lowest BCUT2D eigenvalue weighted by Crippen LogP contribution is -2.23. The number of nitrogens with zero attached hydrogens (tertiary/aromatic N) is 1. The van der Waals surface area contributed by atoms with E-state index in [1.54, 1.807) is 0 Å². The molecule has 0 heterocycles. The Morgan fingerprint density at radius 2 is 2.00 bits per heavy atom. The number of nitriles is 1. The summed E-state index contributed by atoms with van der Waals surface area (Å²) in [5.74, 6) is 0. The summed E-state index contributed by atoms with van der Waals surface area (Å²) in [5.41, 5.74) is 0. The molecule has 2 heteroatoms. The van der Waals surface area contributed by atoms with Crippen LogP contribution >= 0.6 is 11.8 Å². The molecule has 1 aliphatic carbocycles. The minimum atomic E-state index is 0.0903. The summed E-state index contributed by atoms with van der Waals surface area (Å²) in [5, 5.41) is 10.8. The highest BCUT2D eigenvalue weighted by molar-refractivity contribution is 8.05. The van der Waals surface area contributed by atoms with Crippen molar-refractivity contribution in [3.8, 4) is 5.40 Å². The molecule has 0 radical (unpaired) electrons. The molecule has 0 aromatic carbocycles. The van der Waals surface area contributed by atoms with Gasteiger partial charge in [-0.25, -0.2) is 0 Å². The largest absolute Gasteiger partial charge is 0.185 e. The fourth-order valence-corrected chi connectivity index (χ4v) is 2.35. The predicted molar refractivity (Wildman–Crippen MR) is 49.2 cm³/mol. The van der Waals surface area contributed by atoms with Crippen molar-refractivity contribution < 1.29 is 0 Å². The highest BCUT2D eigenvalue weighted by Crippen LogP contribution is 2.40. The zero-order valence-corrected chi connectivity index (χ0v) is 7.49. The van der Waals surface area contributed by atoms with Gasteiger partial charge in [0.1, 0.15) is 5.40 Å². The summed E-state index contributed by atoms with van der Waals surface area (Å²) in [6.07, 6.45) is 8.05. The minimum Gasteiger partial charge on any atom is -0.185 e. The maximum absolute atomic E-state index is 8.58. The first-order chi connectivity index (χ1) is 5.33. The van der Waals surface area contributed by atoms with Crippen molar-refractivity contribution in [3.05, 3.63) is 12.7 Å². The number of hydrogen-bond acceptors (Lipinski definition) is 2. The van der Waals surface area contributed by atoms with Crippen LogP contribution < -0.4 is 0 Å². The van der Waals surface area contributed by atoms with E-state index >= 15 is 0 Å². The molecule has 0 bridgehead atoms. The normalized spacial score (nSPS) is 22.1. The van der Waals surface area contributed by atoms with Gasteiger partial charge >= 0.3 is 0 Å². The third kappa shape index (κ3) is 2.00. The molecule has 0 aromatic rings. The highest BCUT2D eigenvalue weighted by Gasteiger charge is 2.29. The average Bonchev–Trinajstić information content (AvgIpc) is 2.07. The van der Waals surface area contributed by atoms with Gasteiger partial charge in [-0.2, -0.15) is 5.26 Å². The van der Waals surface area contributed by atoms with Crippen LogP contribution in [0.4, 0.5) is 0 Å². The Balaban J connectivity index is 2.58. The van der Waals surface area contributed by atoms with Crippen LogP contribution in [-0.2, 0) is 0 Å². The van der Waals surface area contributed by atoms with E-state index in [1.165, 1.54) is 31.0 Å². The fourth-order valence-electron chi connectivity index (χ4n) is 1.59. The molecule has 1 nitrogen and oxygen atoms in total. The van der Waals surface area contributed by atoms with E-state index < -0.39 is 0 Å². The predicted octanol–water partition coefficient (Wildman–Crippen LogP) is 3.09. The van der Waals surface area contributed by atoms with Gasteiger partial charge in [0.25, 0.3) is 0 Å². The lowest BCUT2D eigenvalue weighted by molar-refractivity contribution is 0.454. The summed E-state index contributed by atoms with van der Waals surface area (Å²) in [6, 6.07) is 0. The van der Waals surface area contributed by atoms with E-state index in [2.05, 4.69) is 12.0 Å². The maximum Gasteiger partial charge on any atom is 0.134 e. The molecule has 1 aliphatic rings. The van der Waals surface area contributed by atoms with Gasteiger partial charge in [0, 0.05) is 4.75 Å². The lowest BCUT2D eigenvalue weighted by atomic mass is 9.88. The van der Waals surface area contributed by atoms with Gasteiger partial charge in [-0.1, -0.05) is 25.3 Å². The van der Waals surface area contributed by atoms with Gasteiger partial charge in [0.15, 0.2) is 0 Å². The summed E-state index contributed by atoms with van der Waals surface area (Å²) in [7, 11) is 0. The Bertz CT molecular complexity index is 174. The topological polar surface area (TPSA) is 23.8 Å². The second-order valence-corrected chi connectivity index (χ2v) is 4.22. The van der Waals surface area contributed by atoms with E-state index in [-0.39, 0.29) is 4.75 Å². The van der Waals surface area contributed by atoms with E-state index in [0.717, 1.165) is 12.8 Å². The molecule has 1 fully saturated rings. The van der Waals surface area contributed by atoms with Gasteiger partial charge in [-0.05, 0) is 24.6 Å². The molecule has 0 spiro atoms. The molecule has 0 unspecified atom stereocenters. The number of thioether (sulfide) groups is 1. The Morgan fingerprint density at radius 3 is 2.45 bits per heavy atom. The average molecular weight is 167 g/mol. The van der Waals surface area contributed by atoms with Gasteiger partial charge < -0.3 is 0 Å². The monoisotopic (exact) mass is 167 g/mol. The van der Waals surface area contributed by atoms with Crippen molar-refractivity contribution in [2.75, 3.05) is 0 Å². The third-order valence-electron chi connectivity index (χ3n) is 2.32. The van der Waals surface area contributed by atoms with Crippen molar-refractivity contribution in [1.82, 2.24) is 0 Å². The standard InChI is InChI=1S/C9H13NS/c1-2-9(11-8-10)6-4-3-5-7-9/h2H,1,3-7H2. The van der Waals surface area contributed by atoms with Crippen LogP contribution in [0, 0.1) is 10.7 Å². The molecule has 0 N–H and O–H groups in total. The fraction of sp³-hybridized carbons (Fsp3) is 0.667. The second-order valence-electron chi connectivity index (χ2n) is 3.02. The summed E-state index contributed by atoms with van der Waals surface area (Å²) in [6.45, 7) is 3.80. The van der Waals surface area contributed by atoms with Gasteiger partial charge in [-0.3, -0.25) is 0 Å². The van der Waals surface area contributed by atoms with Crippen LogP contribution in [0.2, 0.25) is 0 Å². The van der Waals surface area contributed by atoms with Crippen molar-refractivity contribution in [1.29, 1.82) is 5.26 Å².